The first-order chi connectivity index (χ1) is 9.68. The van der Waals surface area contributed by atoms with Crippen molar-refractivity contribution in [3.8, 4) is 0 Å². The Morgan fingerprint density at radius 1 is 1.15 bits per heavy atom. The van der Waals surface area contributed by atoms with Gasteiger partial charge in [-0.3, -0.25) is 4.79 Å². The van der Waals surface area contributed by atoms with Crippen LogP contribution in [0.2, 0.25) is 5.02 Å². The molecule has 4 heteroatoms. The molecular formula is C16H15ClN2O. The van der Waals surface area contributed by atoms with E-state index in [9.17, 15) is 4.79 Å². The summed E-state index contributed by atoms with van der Waals surface area (Å²) in [6, 6.07) is 13.2. The summed E-state index contributed by atoms with van der Waals surface area (Å²) < 4.78 is 0. The fourth-order valence-corrected chi connectivity index (χ4v) is 2.81. The van der Waals surface area contributed by atoms with Gasteiger partial charge in [0, 0.05) is 12.2 Å². The molecule has 1 aliphatic heterocycles. The van der Waals surface area contributed by atoms with Crippen molar-refractivity contribution in [1.82, 2.24) is 0 Å². The van der Waals surface area contributed by atoms with Crippen LogP contribution in [0.25, 0.3) is 0 Å². The zero-order chi connectivity index (χ0) is 14.1. The monoisotopic (exact) mass is 286 g/mol. The second-order valence-corrected chi connectivity index (χ2v) is 5.28. The number of halogens is 1. The van der Waals surface area contributed by atoms with E-state index in [0.717, 1.165) is 18.5 Å². The standard InChI is InChI=1S/C16H15ClN2O/c17-15-12(7-3-8-13(15)18)16(20)19-10-4-6-11-5-1-2-9-14(11)19/h1-3,5,7-9H,4,6,10,18H2. The predicted molar refractivity (Wildman–Crippen MR) is 82.3 cm³/mol. The Balaban J connectivity index is 2.02. The molecule has 1 heterocycles. The number of amides is 1. The number of anilines is 2. The van der Waals surface area contributed by atoms with Gasteiger partial charge >= 0.3 is 0 Å². The van der Waals surface area contributed by atoms with Gasteiger partial charge in [-0.25, -0.2) is 0 Å². The Labute approximate surface area is 123 Å². The van der Waals surface area contributed by atoms with Gasteiger partial charge in [0.1, 0.15) is 0 Å². The molecule has 0 fully saturated rings. The highest BCUT2D eigenvalue weighted by molar-refractivity contribution is 6.36. The Morgan fingerprint density at radius 2 is 1.95 bits per heavy atom. The Hall–Kier alpha value is -2.00. The van der Waals surface area contributed by atoms with Crippen molar-refractivity contribution >= 4 is 28.9 Å². The third-order valence-electron chi connectivity index (χ3n) is 3.61. The van der Waals surface area contributed by atoms with Crippen LogP contribution < -0.4 is 10.6 Å². The Bertz CT molecular complexity index is 669. The molecule has 3 nitrogen and oxygen atoms in total. The van der Waals surface area contributed by atoms with Crippen molar-refractivity contribution in [3.63, 3.8) is 0 Å². The summed E-state index contributed by atoms with van der Waals surface area (Å²) in [7, 11) is 0. The molecular weight excluding hydrogens is 272 g/mol. The van der Waals surface area contributed by atoms with E-state index in [-0.39, 0.29) is 5.91 Å². The number of nitrogen functional groups attached to an aromatic ring is 1. The summed E-state index contributed by atoms with van der Waals surface area (Å²) >= 11 is 6.16. The maximum atomic E-state index is 12.7. The summed E-state index contributed by atoms with van der Waals surface area (Å²) in [5.74, 6) is -0.0885. The van der Waals surface area contributed by atoms with Crippen molar-refractivity contribution in [1.29, 1.82) is 0 Å². The molecule has 0 spiro atoms. The summed E-state index contributed by atoms with van der Waals surface area (Å²) in [5, 5.41) is 0.334. The summed E-state index contributed by atoms with van der Waals surface area (Å²) in [5.41, 5.74) is 8.85. The van der Waals surface area contributed by atoms with Crippen LogP contribution >= 0.6 is 11.6 Å². The number of carbonyl (C=O) groups excluding carboxylic acids is 1. The summed E-state index contributed by atoms with van der Waals surface area (Å²) in [6.45, 7) is 0.709. The molecule has 2 aromatic rings. The molecule has 0 unspecified atom stereocenters. The molecule has 102 valence electrons. The van der Waals surface area contributed by atoms with E-state index in [1.165, 1.54) is 5.56 Å². The third-order valence-corrected chi connectivity index (χ3v) is 4.04. The minimum Gasteiger partial charge on any atom is -0.398 e. The van der Waals surface area contributed by atoms with Crippen molar-refractivity contribution in [2.24, 2.45) is 0 Å². The molecule has 0 saturated carbocycles. The van der Waals surface area contributed by atoms with Crippen molar-refractivity contribution < 1.29 is 4.79 Å². The maximum absolute atomic E-state index is 12.7. The van der Waals surface area contributed by atoms with E-state index in [2.05, 4.69) is 6.07 Å². The highest BCUT2D eigenvalue weighted by Crippen LogP contribution is 2.31. The second kappa shape index (κ2) is 5.17. The average molecular weight is 287 g/mol. The maximum Gasteiger partial charge on any atom is 0.259 e. The summed E-state index contributed by atoms with van der Waals surface area (Å²) in [6.07, 6.45) is 1.97. The lowest BCUT2D eigenvalue weighted by atomic mass is 10.0. The topological polar surface area (TPSA) is 46.3 Å². The molecule has 0 atom stereocenters. The number of carbonyl (C=O) groups is 1. The normalized spacial score (nSPS) is 13.9. The van der Waals surface area contributed by atoms with E-state index < -0.39 is 0 Å². The molecule has 0 aliphatic carbocycles. The highest BCUT2D eigenvalue weighted by Gasteiger charge is 2.25. The van der Waals surface area contributed by atoms with Crippen LogP contribution in [0, 0.1) is 0 Å². The van der Waals surface area contributed by atoms with Gasteiger partial charge in [-0.1, -0.05) is 35.9 Å². The fraction of sp³-hybridized carbons (Fsp3) is 0.188. The lowest BCUT2D eigenvalue weighted by Gasteiger charge is -2.29. The van der Waals surface area contributed by atoms with Gasteiger partial charge in [-0.15, -0.1) is 0 Å². The van der Waals surface area contributed by atoms with Crippen LogP contribution in [0.3, 0.4) is 0 Å². The highest BCUT2D eigenvalue weighted by atomic mass is 35.5. The number of nitrogens with zero attached hydrogens (tertiary/aromatic N) is 1. The molecule has 2 N–H and O–H groups in total. The van der Waals surface area contributed by atoms with Gasteiger partial charge in [-0.05, 0) is 36.6 Å². The number of benzene rings is 2. The van der Waals surface area contributed by atoms with Gasteiger partial charge in [0.05, 0.1) is 16.3 Å². The third kappa shape index (κ3) is 2.14. The zero-order valence-electron chi connectivity index (χ0n) is 11.0. The molecule has 20 heavy (non-hydrogen) atoms. The molecule has 1 amide bonds. The summed E-state index contributed by atoms with van der Waals surface area (Å²) in [4.78, 5) is 14.5. The first-order valence-electron chi connectivity index (χ1n) is 6.62. The number of fused-ring (bicyclic) bond motifs is 1. The van der Waals surface area contributed by atoms with Crippen LogP contribution in [0.1, 0.15) is 22.3 Å². The van der Waals surface area contributed by atoms with Gasteiger partial charge in [-0.2, -0.15) is 0 Å². The molecule has 2 aromatic carbocycles. The number of aryl methyl sites for hydroxylation is 1. The van der Waals surface area contributed by atoms with Crippen molar-refractivity contribution in [3.05, 3.63) is 58.6 Å². The number of para-hydroxylation sites is 1. The van der Waals surface area contributed by atoms with Crippen LogP contribution in [0.5, 0.6) is 0 Å². The van der Waals surface area contributed by atoms with Gasteiger partial charge in [0.2, 0.25) is 0 Å². The van der Waals surface area contributed by atoms with E-state index in [1.807, 2.05) is 18.2 Å². The van der Waals surface area contributed by atoms with E-state index in [1.54, 1.807) is 23.1 Å². The van der Waals surface area contributed by atoms with Gasteiger partial charge in [0.25, 0.3) is 5.91 Å². The Kier molecular flexibility index (Phi) is 3.36. The Morgan fingerprint density at radius 3 is 2.80 bits per heavy atom. The van der Waals surface area contributed by atoms with Crippen LogP contribution in [0.4, 0.5) is 11.4 Å². The van der Waals surface area contributed by atoms with E-state index in [4.69, 9.17) is 17.3 Å². The average Bonchev–Trinajstić information content (AvgIpc) is 2.49. The first-order valence-corrected chi connectivity index (χ1v) is 7.00. The second-order valence-electron chi connectivity index (χ2n) is 4.90. The number of rotatable bonds is 1. The van der Waals surface area contributed by atoms with Gasteiger partial charge in [0.15, 0.2) is 0 Å². The minimum absolute atomic E-state index is 0.0885. The smallest absolute Gasteiger partial charge is 0.259 e. The number of hydrogen-bond acceptors (Lipinski definition) is 2. The SMILES string of the molecule is Nc1cccc(C(=O)N2CCCc3ccccc32)c1Cl. The van der Waals surface area contributed by atoms with Gasteiger partial charge < -0.3 is 10.6 Å². The van der Waals surface area contributed by atoms with Crippen LogP contribution in [-0.4, -0.2) is 12.5 Å². The fourth-order valence-electron chi connectivity index (χ4n) is 2.60. The first kappa shape index (κ1) is 13.0. The lowest BCUT2D eigenvalue weighted by molar-refractivity contribution is 0.0985. The largest absolute Gasteiger partial charge is 0.398 e. The predicted octanol–water partition coefficient (Wildman–Crippen LogP) is 3.52. The molecule has 1 aliphatic rings. The number of hydrogen-bond donors (Lipinski definition) is 1. The molecule has 0 aromatic heterocycles. The van der Waals surface area contributed by atoms with E-state index in [0.29, 0.717) is 22.8 Å². The molecule has 0 radical (unpaired) electrons. The minimum atomic E-state index is -0.0885. The van der Waals surface area contributed by atoms with Crippen LogP contribution in [0.15, 0.2) is 42.5 Å². The number of nitrogens with two attached hydrogens (primary N) is 1. The van der Waals surface area contributed by atoms with Crippen molar-refractivity contribution in [2.45, 2.75) is 12.8 Å². The zero-order valence-corrected chi connectivity index (χ0v) is 11.7. The van der Waals surface area contributed by atoms with Crippen LogP contribution in [-0.2, 0) is 6.42 Å². The molecule has 0 saturated heterocycles. The molecule has 3 rings (SSSR count). The molecule has 0 bridgehead atoms. The van der Waals surface area contributed by atoms with E-state index >= 15 is 0 Å². The van der Waals surface area contributed by atoms with Crippen molar-refractivity contribution in [2.75, 3.05) is 17.2 Å². The lowest BCUT2D eigenvalue weighted by Crippen LogP contribution is -2.35. The quantitative estimate of drug-likeness (QED) is 0.816.